The van der Waals surface area contributed by atoms with Crippen LogP contribution < -0.4 is 26.2 Å². The number of carboxylic acid groups (broad SMARTS) is 1. The summed E-state index contributed by atoms with van der Waals surface area (Å²) >= 11 is 0. The second kappa shape index (κ2) is 13.4. The summed E-state index contributed by atoms with van der Waals surface area (Å²) in [6.45, 7) is 4.58. The zero-order chi connectivity index (χ0) is 27.6. The van der Waals surface area contributed by atoms with Crippen LogP contribution in [0.2, 0.25) is 0 Å². The molecular formula is C26H34N8O5. The number of carboxylic acids is 1. The number of aliphatic carboxylic acids is 1. The van der Waals surface area contributed by atoms with Gasteiger partial charge in [-0.05, 0) is 31.7 Å². The van der Waals surface area contributed by atoms with Crippen LogP contribution >= 0.6 is 0 Å². The Hall–Kier alpha value is -4.42. The van der Waals surface area contributed by atoms with Gasteiger partial charge >= 0.3 is 12.1 Å². The van der Waals surface area contributed by atoms with Gasteiger partial charge in [0.25, 0.3) is 0 Å². The summed E-state index contributed by atoms with van der Waals surface area (Å²) in [6, 6.07) is 7.88. The first-order chi connectivity index (χ1) is 18.9. The molecule has 0 radical (unpaired) electrons. The highest BCUT2D eigenvalue weighted by Crippen LogP contribution is 2.27. The normalized spacial score (nSPS) is 16.3. The van der Waals surface area contributed by atoms with Gasteiger partial charge in [-0.2, -0.15) is 0 Å². The number of alkyl carbamates (subject to hydrolysis) is 1. The van der Waals surface area contributed by atoms with E-state index in [1.165, 1.54) is 6.33 Å². The van der Waals surface area contributed by atoms with Crippen molar-refractivity contribution in [1.82, 2.24) is 25.9 Å². The molecule has 3 heterocycles. The number of aliphatic imine (C=N–C) groups is 1. The molecule has 13 nitrogen and oxygen atoms in total. The summed E-state index contributed by atoms with van der Waals surface area (Å²) < 4.78 is 5.14. The Kier molecular flexibility index (Phi) is 9.48. The molecule has 1 aromatic carbocycles. The Labute approximate surface area is 226 Å². The lowest BCUT2D eigenvalue weighted by molar-refractivity contribution is -0.139. The van der Waals surface area contributed by atoms with Crippen molar-refractivity contribution in [1.29, 1.82) is 0 Å². The third kappa shape index (κ3) is 7.79. The summed E-state index contributed by atoms with van der Waals surface area (Å²) in [5.74, 6) is 0.379. The van der Waals surface area contributed by atoms with Crippen molar-refractivity contribution >= 4 is 35.6 Å². The molecule has 39 heavy (non-hydrogen) atoms. The maximum Gasteiger partial charge on any atom is 0.408 e. The number of anilines is 2. The van der Waals surface area contributed by atoms with Crippen molar-refractivity contribution in [3.8, 4) is 0 Å². The molecule has 4 rings (SSSR count). The van der Waals surface area contributed by atoms with Gasteiger partial charge in [0.2, 0.25) is 5.91 Å². The topological polar surface area (TPSA) is 170 Å². The summed E-state index contributed by atoms with van der Waals surface area (Å²) in [7, 11) is 0. The molecule has 1 atom stereocenters. The Morgan fingerprint density at radius 3 is 2.64 bits per heavy atom. The van der Waals surface area contributed by atoms with Gasteiger partial charge in [0.15, 0.2) is 5.96 Å². The number of benzene rings is 1. The molecule has 2 amide bonds. The number of amides is 2. The standard InChI is InChI=1S/C26H34N8O5/c1-17-21(29-14-20(24(36)37)32-26(38)39-15-18-6-3-2-4-7-18)30-16-31-22(17)34-12-8-19(9-13-34)23(35)33-25-27-10-5-11-28-25/h2-4,6-7,16,19-20H,5,8-15H2,1H3,(H,32,38)(H,36,37)(H,29,30,31)(H2,27,28,33,35). The molecule has 208 valence electrons. The zero-order valence-corrected chi connectivity index (χ0v) is 21.9. The van der Waals surface area contributed by atoms with Crippen molar-refractivity contribution < 1.29 is 24.2 Å². The van der Waals surface area contributed by atoms with E-state index < -0.39 is 18.1 Å². The number of ether oxygens (including phenoxy) is 1. The molecule has 1 unspecified atom stereocenters. The molecule has 0 saturated carbocycles. The first-order valence-electron chi connectivity index (χ1n) is 13.0. The monoisotopic (exact) mass is 538 g/mol. The number of aromatic nitrogens is 2. The SMILES string of the molecule is Cc1c(NCC(NC(=O)OCc2ccccc2)C(=O)O)ncnc1N1CCC(C(=O)NC2=NCCCN2)CC1. The van der Waals surface area contributed by atoms with E-state index >= 15 is 0 Å². The van der Waals surface area contributed by atoms with Crippen LogP contribution in [-0.4, -0.2) is 77.8 Å². The predicted molar refractivity (Wildman–Crippen MR) is 144 cm³/mol. The van der Waals surface area contributed by atoms with Gasteiger partial charge in [0.05, 0.1) is 0 Å². The second-order valence-electron chi connectivity index (χ2n) is 9.41. The van der Waals surface area contributed by atoms with Crippen LogP contribution in [0.25, 0.3) is 0 Å². The Morgan fingerprint density at radius 1 is 1.18 bits per heavy atom. The quantitative estimate of drug-likeness (QED) is 0.313. The molecule has 0 spiro atoms. The minimum Gasteiger partial charge on any atom is -0.480 e. The van der Waals surface area contributed by atoms with Crippen LogP contribution in [0.1, 0.15) is 30.4 Å². The van der Waals surface area contributed by atoms with Crippen LogP contribution in [0.5, 0.6) is 0 Å². The molecule has 1 saturated heterocycles. The van der Waals surface area contributed by atoms with Crippen molar-refractivity contribution in [3.63, 3.8) is 0 Å². The van der Waals surface area contributed by atoms with Gasteiger partial charge in [-0.15, -0.1) is 0 Å². The van der Waals surface area contributed by atoms with Gasteiger partial charge in [0.1, 0.15) is 30.6 Å². The predicted octanol–water partition coefficient (Wildman–Crippen LogP) is 1.26. The first-order valence-corrected chi connectivity index (χ1v) is 13.0. The number of hydrogen-bond donors (Lipinski definition) is 5. The third-order valence-corrected chi connectivity index (χ3v) is 6.64. The number of guanidine groups is 1. The fourth-order valence-electron chi connectivity index (χ4n) is 4.43. The van der Waals surface area contributed by atoms with Gasteiger partial charge < -0.3 is 30.7 Å². The molecule has 1 aromatic heterocycles. The van der Waals surface area contributed by atoms with E-state index in [4.69, 9.17) is 4.74 Å². The number of rotatable bonds is 9. The number of nitrogens with zero attached hydrogens (tertiary/aromatic N) is 4. The lowest BCUT2D eigenvalue weighted by Gasteiger charge is -2.33. The molecule has 2 aromatic rings. The summed E-state index contributed by atoms with van der Waals surface area (Å²) in [4.78, 5) is 51.6. The van der Waals surface area contributed by atoms with Gasteiger partial charge in [-0.3, -0.25) is 15.1 Å². The Balaban J connectivity index is 1.28. The number of piperidine rings is 1. The molecule has 0 aliphatic carbocycles. The number of hydrogen-bond acceptors (Lipinski definition) is 10. The smallest absolute Gasteiger partial charge is 0.408 e. The van der Waals surface area contributed by atoms with Gasteiger partial charge in [-0.1, -0.05) is 30.3 Å². The lowest BCUT2D eigenvalue weighted by atomic mass is 9.95. The first kappa shape index (κ1) is 27.6. The third-order valence-electron chi connectivity index (χ3n) is 6.64. The highest BCUT2D eigenvalue weighted by Gasteiger charge is 2.28. The Morgan fingerprint density at radius 2 is 1.95 bits per heavy atom. The van der Waals surface area contributed by atoms with E-state index in [1.807, 2.05) is 25.1 Å². The zero-order valence-electron chi connectivity index (χ0n) is 21.9. The molecule has 0 bridgehead atoms. The van der Waals surface area contributed by atoms with E-state index in [-0.39, 0.29) is 25.0 Å². The summed E-state index contributed by atoms with van der Waals surface area (Å²) in [5.41, 5.74) is 1.54. The van der Waals surface area contributed by atoms with Crippen LogP contribution in [0.4, 0.5) is 16.4 Å². The van der Waals surface area contributed by atoms with E-state index in [2.05, 4.69) is 41.1 Å². The number of nitrogens with one attached hydrogen (secondary N) is 4. The molecule has 2 aliphatic rings. The van der Waals surface area contributed by atoms with Crippen molar-refractivity contribution in [2.24, 2.45) is 10.9 Å². The lowest BCUT2D eigenvalue weighted by Crippen LogP contribution is -2.48. The minimum absolute atomic E-state index is 0.0286. The van der Waals surface area contributed by atoms with Crippen molar-refractivity contribution in [2.45, 2.75) is 38.8 Å². The maximum atomic E-state index is 12.7. The van der Waals surface area contributed by atoms with E-state index in [1.54, 1.807) is 12.1 Å². The molecule has 2 aliphatic heterocycles. The van der Waals surface area contributed by atoms with Crippen LogP contribution in [0.15, 0.2) is 41.7 Å². The number of carbonyl (C=O) groups excluding carboxylic acids is 2. The minimum atomic E-state index is -1.23. The fraction of sp³-hybridized carbons (Fsp3) is 0.462. The van der Waals surface area contributed by atoms with Crippen LogP contribution in [0, 0.1) is 12.8 Å². The van der Waals surface area contributed by atoms with E-state index in [0.29, 0.717) is 50.1 Å². The van der Waals surface area contributed by atoms with Crippen LogP contribution in [0.3, 0.4) is 0 Å². The van der Waals surface area contributed by atoms with Gasteiger partial charge in [-0.25, -0.2) is 19.6 Å². The average Bonchev–Trinajstić information content (AvgIpc) is 2.96. The Bertz CT molecular complexity index is 1180. The second-order valence-corrected chi connectivity index (χ2v) is 9.41. The van der Waals surface area contributed by atoms with Crippen LogP contribution in [-0.2, 0) is 20.9 Å². The highest BCUT2D eigenvalue weighted by molar-refractivity contribution is 5.98. The molecule has 13 heteroatoms. The van der Waals surface area contributed by atoms with E-state index in [0.717, 1.165) is 24.1 Å². The molecular weight excluding hydrogens is 504 g/mol. The largest absolute Gasteiger partial charge is 0.480 e. The molecule has 1 fully saturated rings. The maximum absolute atomic E-state index is 12.7. The molecule has 5 N–H and O–H groups in total. The van der Waals surface area contributed by atoms with E-state index in [9.17, 15) is 19.5 Å². The van der Waals surface area contributed by atoms with Crippen molar-refractivity contribution in [2.75, 3.05) is 42.9 Å². The summed E-state index contributed by atoms with van der Waals surface area (Å²) in [5, 5.41) is 21.0. The van der Waals surface area contributed by atoms with Crippen molar-refractivity contribution in [3.05, 3.63) is 47.8 Å². The summed E-state index contributed by atoms with van der Waals surface area (Å²) in [6.07, 6.45) is 2.88. The van der Waals surface area contributed by atoms with Gasteiger partial charge in [0, 0.05) is 44.2 Å². The highest BCUT2D eigenvalue weighted by atomic mass is 16.5. The number of carbonyl (C=O) groups is 3. The average molecular weight is 539 g/mol. The fourth-order valence-corrected chi connectivity index (χ4v) is 4.43.